The van der Waals surface area contributed by atoms with E-state index >= 15 is 0 Å². The lowest BCUT2D eigenvalue weighted by atomic mass is 10.1. The molecule has 0 aromatic heterocycles. The molecule has 0 bridgehead atoms. The minimum absolute atomic E-state index is 0.407. The van der Waals surface area contributed by atoms with Crippen LogP contribution in [0.1, 0.15) is 30.1 Å². The monoisotopic (exact) mass is 300 g/mol. The first-order valence-electron chi connectivity index (χ1n) is 7.19. The molecule has 1 saturated heterocycles. The van der Waals surface area contributed by atoms with Crippen molar-refractivity contribution in [3.63, 3.8) is 0 Å². The number of halogens is 3. The van der Waals surface area contributed by atoms with E-state index in [2.05, 4.69) is 11.8 Å². The molecular weight excluding hydrogens is 281 g/mol. The second-order valence-corrected chi connectivity index (χ2v) is 5.21. The fraction of sp³-hybridized carbons (Fsp3) is 0.533. The first kappa shape index (κ1) is 15.8. The van der Waals surface area contributed by atoms with Crippen LogP contribution in [0.4, 0.5) is 13.2 Å². The van der Waals surface area contributed by atoms with Gasteiger partial charge in [0.2, 0.25) is 0 Å². The van der Waals surface area contributed by atoms with Gasteiger partial charge in [-0.3, -0.25) is 9.69 Å². The van der Waals surface area contributed by atoms with Crippen LogP contribution in [0.5, 0.6) is 0 Å². The molecule has 0 atom stereocenters. The number of piperazine rings is 1. The minimum atomic E-state index is -1.59. The molecule has 0 N–H and O–H groups in total. The van der Waals surface area contributed by atoms with Gasteiger partial charge in [0.25, 0.3) is 5.91 Å². The van der Waals surface area contributed by atoms with Gasteiger partial charge in [-0.25, -0.2) is 13.2 Å². The molecule has 6 heteroatoms. The van der Waals surface area contributed by atoms with E-state index in [4.69, 9.17) is 0 Å². The van der Waals surface area contributed by atoms with Crippen LogP contribution in [0.15, 0.2) is 12.1 Å². The van der Waals surface area contributed by atoms with Crippen molar-refractivity contribution in [3.05, 3.63) is 35.1 Å². The number of nitrogens with zero attached hydrogens (tertiary/aromatic N) is 2. The molecule has 0 saturated carbocycles. The van der Waals surface area contributed by atoms with Gasteiger partial charge in [0.1, 0.15) is 0 Å². The fourth-order valence-electron chi connectivity index (χ4n) is 2.42. The van der Waals surface area contributed by atoms with E-state index in [0.29, 0.717) is 13.1 Å². The highest BCUT2D eigenvalue weighted by Crippen LogP contribution is 2.18. The van der Waals surface area contributed by atoms with Crippen molar-refractivity contribution < 1.29 is 18.0 Å². The average Bonchev–Trinajstić information content (AvgIpc) is 2.51. The molecule has 0 aliphatic carbocycles. The first-order valence-corrected chi connectivity index (χ1v) is 7.19. The van der Waals surface area contributed by atoms with E-state index < -0.39 is 28.9 Å². The molecule has 1 aliphatic heterocycles. The molecule has 116 valence electrons. The van der Waals surface area contributed by atoms with Crippen LogP contribution < -0.4 is 0 Å². The summed E-state index contributed by atoms with van der Waals surface area (Å²) in [4.78, 5) is 15.9. The van der Waals surface area contributed by atoms with Crippen LogP contribution in [0.2, 0.25) is 0 Å². The highest BCUT2D eigenvalue weighted by atomic mass is 19.2. The third kappa shape index (κ3) is 3.56. The third-order valence-electron chi connectivity index (χ3n) is 3.75. The summed E-state index contributed by atoms with van der Waals surface area (Å²) in [5.41, 5.74) is -0.407. The van der Waals surface area contributed by atoms with Gasteiger partial charge < -0.3 is 4.90 Å². The van der Waals surface area contributed by atoms with Crippen LogP contribution in [-0.4, -0.2) is 48.4 Å². The number of unbranched alkanes of at least 4 members (excludes halogenated alkanes) is 1. The van der Waals surface area contributed by atoms with E-state index in [1.54, 1.807) is 0 Å². The Morgan fingerprint density at radius 2 is 1.76 bits per heavy atom. The molecular formula is C15H19F3N2O. The Bertz CT molecular complexity index is 514. The average molecular weight is 300 g/mol. The lowest BCUT2D eigenvalue weighted by Crippen LogP contribution is -2.49. The largest absolute Gasteiger partial charge is 0.336 e. The minimum Gasteiger partial charge on any atom is -0.336 e. The quantitative estimate of drug-likeness (QED) is 0.798. The number of rotatable bonds is 4. The van der Waals surface area contributed by atoms with E-state index in [1.165, 1.54) is 4.90 Å². The predicted octanol–water partition coefficient (Wildman–Crippen LogP) is 2.66. The SMILES string of the molecule is CCCCN1CCN(C(=O)c2ccc(F)c(F)c2F)CC1. The topological polar surface area (TPSA) is 23.6 Å². The van der Waals surface area contributed by atoms with Crippen molar-refractivity contribution >= 4 is 5.91 Å². The Labute approximate surface area is 122 Å². The van der Waals surface area contributed by atoms with Crippen LogP contribution in [0.25, 0.3) is 0 Å². The zero-order valence-electron chi connectivity index (χ0n) is 12.0. The first-order chi connectivity index (χ1) is 10.0. The number of carbonyl (C=O) groups excluding carboxylic acids is 1. The van der Waals surface area contributed by atoms with E-state index in [-0.39, 0.29) is 0 Å². The molecule has 2 rings (SSSR count). The summed E-state index contributed by atoms with van der Waals surface area (Å²) < 4.78 is 39.7. The summed E-state index contributed by atoms with van der Waals surface area (Å²) in [6.45, 7) is 5.49. The Hall–Kier alpha value is -1.56. The Balaban J connectivity index is 2.01. The molecule has 0 unspecified atom stereocenters. The van der Waals surface area contributed by atoms with Crippen molar-refractivity contribution in [1.82, 2.24) is 9.80 Å². The Morgan fingerprint density at radius 3 is 2.38 bits per heavy atom. The predicted molar refractivity (Wildman–Crippen MR) is 73.6 cm³/mol. The standard InChI is InChI=1S/C15H19F3N2O/c1-2-3-6-19-7-9-20(10-8-19)15(21)11-4-5-12(16)14(18)13(11)17/h4-5H,2-3,6-10H2,1H3. The second kappa shape index (κ2) is 6.93. The smallest absolute Gasteiger partial charge is 0.257 e. The van der Waals surface area contributed by atoms with Crippen LogP contribution >= 0.6 is 0 Å². The van der Waals surface area contributed by atoms with Crippen molar-refractivity contribution in [1.29, 1.82) is 0 Å². The van der Waals surface area contributed by atoms with Gasteiger partial charge in [-0.2, -0.15) is 0 Å². The maximum atomic E-state index is 13.6. The summed E-state index contributed by atoms with van der Waals surface area (Å²) in [7, 11) is 0. The highest BCUT2D eigenvalue weighted by molar-refractivity contribution is 5.94. The molecule has 21 heavy (non-hydrogen) atoms. The number of hydrogen-bond acceptors (Lipinski definition) is 2. The lowest BCUT2D eigenvalue weighted by molar-refractivity contribution is 0.0630. The summed E-state index contributed by atoms with van der Waals surface area (Å²) in [5.74, 6) is -4.87. The van der Waals surface area contributed by atoms with E-state index in [1.807, 2.05) is 0 Å². The molecule has 1 amide bonds. The van der Waals surface area contributed by atoms with Crippen LogP contribution in [0.3, 0.4) is 0 Å². The van der Waals surface area contributed by atoms with Crippen molar-refractivity contribution in [2.24, 2.45) is 0 Å². The van der Waals surface area contributed by atoms with Crippen molar-refractivity contribution in [2.75, 3.05) is 32.7 Å². The maximum Gasteiger partial charge on any atom is 0.257 e. The number of carbonyl (C=O) groups is 1. The zero-order chi connectivity index (χ0) is 15.4. The molecule has 0 spiro atoms. The van der Waals surface area contributed by atoms with Gasteiger partial charge in [-0.15, -0.1) is 0 Å². The summed E-state index contributed by atoms with van der Waals surface area (Å²) in [6.07, 6.45) is 2.21. The maximum absolute atomic E-state index is 13.6. The molecule has 1 aliphatic rings. The molecule has 1 aromatic rings. The number of amides is 1. The van der Waals surface area contributed by atoms with Crippen molar-refractivity contribution in [3.8, 4) is 0 Å². The summed E-state index contributed by atoms with van der Waals surface area (Å²) in [5, 5.41) is 0. The van der Waals surface area contributed by atoms with Gasteiger partial charge in [-0.05, 0) is 25.1 Å². The van der Waals surface area contributed by atoms with Gasteiger partial charge in [-0.1, -0.05) is 13.3 Å². The number of benzene rings is 1. The van der Waals surface area contributed by atoms with E-state index in [0.717, 1.165) is 44.6 Å². The molecule has 3 nitrogen and oxygen atoms in total. The fourth-order valence-corrected chi connectivity index (χ4v) is 2.42. The summed E-state index contributed by atoms with van der Waals surface area (Å²) in [6, 6.07) is 1.78. The molecule has 1 aromatic carbocycles. The van der Waals surface area contributed by atoms with Gasteiger partial charge in [0.15, 0.2) is 17.5 Å². The van der Waals surface area contributed by atoms with E-state index in [9.17, 15) is 18.0 Å². The summed E-state index contributed by atoms with van der Waals surface area (Å²) >= 11 is 0. The van der Waals surface area contributed by atoms with Gasteiger partial charge >= 0.3 is 0 Å². The van der Waals surface area contributed by atoms with Crippen molar-refractivity contribution in [2.45, 2.75) is 19.8 Å². The van der Waals surface area contributed by atoms with Crippen LogP contribution in [0, 0.1) is 17.5 Å². The lowest BCUT2D eigenvalue weighted by Gasteiger charge is -2.34. The normalized spacial score (nSPS) is 16.3. The highest BCUT2D eigenvalue weighted by Gasteiger charge is 2.26. The Kier molecular flexibility index (Phi) is 5.22. The third-order valence-corrected chi connectivity index (χ3v) is 3.75. The van der Waals surface area contributed by atoms with Crippen LogP contribution in [-0.2, 0) is 0 Å². The van der Waals surface area contributed by atoms with Gasteiger partial charge in [0.05, 0.1) is 5.56 Å². The zero-order valence-corrected chi connectivity index (χ0v) is 12.0. The second-order valence-electron chi connectivity index (χ2n) is 5.21. The van der Waals surface area contributed by atoms with Gasteiger partial charge in [0, 0.05) is 26.2 Å². The Morgan fingerprint density at radius 1 is 1.10 bits per heavy atom. The number of hydrogen-bond donors (Lipinski definition) is 0. The molecule has 1 fully saturated rings. The molecule has 0 radical (unpaired) electrons. The molecule has 1 heterocycles.